The van der Waals surface area contributed by atoms with Crippen LogP contribution in [0.2, 0.25) is 0 Å². The summed E-state index contributed by atoms with van der Waals surface area (Å²) >= 11 is 1.55. The summed E-state index contributed by atoms with van der Waals surface area (Å²) in [6.07, 6.45) is 1.03. The highest BCUT2D eigenvalue weighted by molar-refractivity contribution is 7.99. The first kappa shape index (κ1) is 11.9. The van der Waals surface area contributed by atoms with E-state index in [2.05, 4.69) is 6.92 Å². The van der Waals surface area contributed by atoms with E-state index in [-0.39, 0.29) is 22.8 Å². The fraction of sp³-hybridized carbons (Fsp3) is 0.364. The summed E-state index contributed by atoms with van der Waals surface area (Å²) < 4.78 is 0. The molecule has 15 heavy (non-hydrogen) atoms. The second-order valence-electron chi connectivity index (χ2n) is 3.18. The number of ketones is 1. The number of carbonyl (C=O) groups excluding carboxylic acids is 1. The molecular formula is C11H14O3S. The van der Waals surface area contributed by atoms with Crippen LogP contribution in [0.4, 0.5) is 0 Å². The van der Waals surface area contributed by atoms with Gasteiger partial charge in [-0.1, -0.05) is 6.92 Å². The van der Waals surface area contributed by atoms with Crippen molar-refractivity contribution in [2.45, 2.75) is 13.3 Å². The van der Waals surface area contributed by atoms with Gasteiger partial charge in [0.1, 0.15) is 11.5 Å². The van der Waals surface area contributed by atoms with Crippen LogP contribution in [-0.2, 0) is 0 Å². The molecule has 0 aliphatic carbocycles. The summed E-state index contributed by atoms with van der Waals surface area (Å²) in [4.78, 5) is 11.6. The highest BCUT2D eigenvalue weighted by Crippen LogP contribution is 2.23. The predicted molar refractivity (Wildman–Crippen MR) is 61.7 cm³/mol. The van der Waals surface area contributed by atoms with E-state index in [1.54, 1.807) is 11.8 Å². The summed E-state index contributed by atoms with van der Waals surface area (Å²) in [5, 5.41) is 18.5. The molecule has 1 rings (SSSR count). The number of aromatic hydroxyl groups is 2. The van der Waals surface area contributed by atoms with Crippen molar-refractivity contribution < 1.29 is 15.0 Å². The van der Waals surface area contributed by atoms with E-state index in [4.69, 9.17) is 5.11 Å². The maximum absolute atomic E-state index is 11.6. The lowest BCUT2D eigenvalue weighted by molar-refractivity contribution is 0.102. The van der Waals surface area contributed by atoms with Gasteiger partial charge >= 0.3 is 0 Å². The van der Waals surface area contributed by atoms with Gasteiger partial charge in [0.15, 0.2) is 5.78 Å². The molecule has 0 atom stereocenters. The number of phenolic OH excluding ortho intramolecular Hbond substituents is 2. The molecular weight excluding hydrogens is 212 g/mol. The molecule has 0 amide bonds. The Labute approximate surface area is 93.1 Å². The Morgan fingerprint density at radius 2 is 2.13 bits per heavy atom. The minimum Gasteiger partial charge on any atom is -0.508 e. The van der Waals surface area contributed by atoms with E-state index in [1.807, 2.05) is 0 Å². The van der Waals surface area contributed by atoms with E-state index in [0.29, 0.717) is 5.75 Å². The average Bonchev–Trinajstić information content (AvgIpc) is 2.17. The Morgan fingerprint density at radius 1 is 1.40 bits per heavy atom. The summed E-state index contributed by atoms with van der Waals surface area (Å²) in [5.74, 6) is 1.00. The fourth-order valence-corrected chi connectivity index (χ4v) is 1.92. The second kappa shape index (κ2) is 5.66. The molecule has 1 aromatic rings. The molecule has 0 unspecified atom stereocenters. The number of hydrogen-bond acceptors (Lipinski definition) is 4. The third kappa shape index (κ3) is 3.47. The Balaban J connectivity index is 2.65. The van der Waals surface area contributed by atoms with Gasteiger partial charge in [-0.3, -0.25) is 4.79 Å². The van der Waals surface area contributed by atoms with Crippen LogP contribution in [0.5, 0.6) is 11.5 Å². The fourth-order valence-electron chi connectivity index (χ4n) is 1.14. The van der Waals surface area contributed by atoms with Gasteiger partial charge in [-0.05, 0) is 24.3 Å². The van der Waals surface area contributed by atoms with Crippen LogP contribution < -0.4 is 0 Å². The van der Waals surface area contributed by atoms with Gasteiger partial charge < -0.3 is 10.2 Å². The minimum atomic E-state index is -0.155. The Hall–Kier alpha value is -1.16. The lowest BCUT2D eigenvalue weighted by Gasteiger charge is -2.03. The third-order valence-electron chi connectivity index (χ3n) is 1.86. The van der Waals surface area contributed by atoms with E-state index in [9.17, 15) is 9.90 Å². The van der Waals surface area contributed by atoms with E-state index < -0.39 is 0 Å². The van der Waals surface area contributed by atoms with Crippen LogP contribution in [0.25, 0.3) is 0 Å². The van der Waals surface area contributed by atoms with Gasteiger partial charge in [-0.2, -0.15) is 11.8 Å². The van der Waals surface area contributed by atoms with Crippen molar-refractivity contribution in [1.82, 2.24) is 0 Å². The molecule has 4 heteroatoms. The van der Waals surface area contributed by atoms with Crippen molar-refractivity contribution in [1.29, 1.82) is 0 Å². The maximum atomic E-state index is 11.6. The molecule has 0 spiro atoms. The first-order valence-electron chi connectivity index (χ1n) is 4.78. The predicted octanol–water partition coefficient (Wildman–Crippen LogP) is 2.42. The Bertz CT molecular complexity index is 350. The molecule has 0 aliphatic heterocycles. The number of hydrogen-bond donors (Lipinski definition) is 2. The third-order valence-corrected chi connectivity index (χ3v) is 3.03. The van der Waals surface area contributed by atoms with Crippen LogP contribution in [0.1, 0.15) is 23.7 Å². The average molecular weight is 226 g/mol. The zero-order valence-corrected chi connectivity index (χ0v) is 9.38. The summed E-state index contributed by atoms with van der Waals surface area (Å²) in [5.41, 5.74) is 0.274. The minimum absolute atomic E-state index is 0.0368. The number of carbonyl (C=O) groups is 1. The molecule has 2 N–H and O–H groups in total. The van der Waals surface area contributed by atoms with Crippen LogP contribution in [-0.4, -0.2) is 27.5 Å². The summed E-state index contributed by atoms with van der Waals surface area (Å²) in [6, 6.07) is 4.02. The lowest BCUT2D eigenvalue weighted by Crippen LogP contribution is -2.03. The number of phenols is 2. The largest absolute Gasteiger partial charge is 0.508 e. The van der Waals surface area contributed by atoms with Crippen LogP contribution in [0, 0.1) is 0 Å². The molecule has 3 nitrogen and oxygen atoms in total. The highest BCUT2D eigenvalue weighted by Gasteiger charge is 2.11. The molecule has 1 aromatic carbocycles. The number of rotatable bonds is 5. The molecule has 0 bridgehead atoms. The molecule has 0 heterocycles. The topological polar surface area (TPSA) is 57.5 Å². The van der Waals surface area contributed by atoms with Gasteiger partial charge in [0.05, 0.1) is 11.3 Å². The molecule has 0 radical (unpaired) electrons. The normalized spacial score (nSPS) is 10.2. The summed E-state index contributed by atoms with van der Waals surface area (Å²) in [7, 11) is 0. The van der Waals surface area contributed by atoms with Crippen molar-refractivity contribution >= 4 is 17.5 Å². The second-order valence-corrected chi connectivity index (χ2v) is 4.28. The smallest absolute Gasteiger partial charge is 0.176 e. The van der Waals surface area contributed by atoms with Gasteiger partial charge in [-0.25, -0.2) is 0 Å². The van der Waals surface area contributed by atoms with Crippen LogP contribution in [0.3, 0.4) is 0 Å². The zero-order valence-electron chi connectivity index (χ0n) is 8.56. The maximum Gasteiger partial charge on any atom is 0.176 e. The zero-order chi connectivity index (χ0) is 11.3. The van der Waals surface area contributed by atoms with E-state index >= 15 is 0 Å². The van der Waals surface area contributed by atoms with Crippen molar-refractivity contribution in [2.75, 3.05) is 11.5 Å². The first-order valence-corrected chi connectivity index (χ1v) is 5.93. The van der Waals surface area contributed by atoms with Crippen molar-refractivity contribution in [3.8, 4) is 11.5 Å². The quantitative estimate of drug-likeness (QED) is 0.598. The standard InChI is InChI=1S/C11H14O3S/c1-2-5-15-7-11(14)9-4-3-8(12)6-10(9)13/h3-4,6,12-13H,2,5,7H2,1H3. The van der Waals surface area contributed by atoms with E-state index in [0.717, 1.165) is 12.2 Å². The van der Waals surface area contributed by atoms with Crippen molar-refractivity contribution in [2.24, 2.45) is 0 Å². The van der Waals surface area contributed by atoms with Crippen LogP contribution in [0.15, 0.2) is 18.2 Å². The van der Waals surface area contributed by atoms with Gasteiger partial charge in [0.25, 0.3) is 0 Å². The molecule has 0 aliphatic rings. The van der Waals surface area contributed by atoms with Crippen molar-refractivity contribution in [3.05, 3.63) is 23.8 Å². The Kier molecular flexibility index (Phi) is 4.49. The number of Topliss-reactive ketones (excluding diaryl/α,β-unsaturated/α-hetero) is 1. The number of thioether (sulfide) groups is 1. The van der Waals surface area contributed by atoms with Crippen LogP contribution >= 0.6 is 11.8 Å². The molecule has 0 saturated carbocycles. The SMILES string of the molecule is CCCSCC(=O)c1ccc(O)cc1O. The van der Waals surface area contributed by atoms with Crippen molar-refractivity contribution in [3.63, 3.8) is 0 Å². The first-order chi connectivity index (χ1) is 7.15. The number of benzene rings is 1. The van der Waals surface area contributed by atoms with Gasteiger partial charge in [0.2, 0.25) is 0 Å². The highest BCUT2D eigenvalue weighted by atomic mass is 32.2. The monoisotopic (exact) mass is 226 g/mol. The molecule has 82 valence electrons. The lowest BCUT2D eigenvalue weighted by atomic mass is 10.1. The van der Waals surface area contributed by atoms with Gasteiger partial charge in [0, 0.05) is 6.07 Å². The summed E-state index contributed by atoms with van der Waals surface area (Å²) in [6.45, 7) is 2.05. The molecule has 0 fully saturated rings. The van der Waals surface area contributed by atoms with E-state index in [1.165, 1.54) is 18.2 Å². The Morgan fingerprint density at radius 3 is 2.73 bits per heavy atom. The molecule has 0 aromatic heterocycles. The molecule has 0 saturated heterocycles. The van der Waals surface area contributed by atoms with Gasteiger partial charge in [-0.15, -0.1) is 0 Å².